The minimum absolute atomic E-state index is 0.0188. The summed E-state index contributed by atoms with van der Waals surface area (Å²) in [4.78, 5) is 16.8. The van der Waals surface area contributed by atoms with Crippen LogP contribution in [0.4, 0.5) is 17.6 Å². The van der Waals surface area contributed by atoms with Crippen molar-refractivity contribution in [2.75, 3.05) is 0 Å². The molecular weight excluding hydrogens is 432 g/mol. The summed E-state index contributed by atoms with van der Waals surface area (Å²) >= 11 is 5.85. The van der Waals surface area contributed by atoms with Crippen molar-refractivity contribution < 1.29 is 32.2 Å². The van der Waals surface area contributed by atoms with Crippen molar-refractivity contribution in [2.24, 2.45) is 0 Å². The van der Waals surface area contributed by atoms with Crippen LogP contribution < -0.4 is 10.1 Å². The van der Waals surface area contributed by atoms with E-state index in [0.717, 1.165) is 18.2 Å². The predicted molar refractivity (Wildman–Crippen MR) is 97.6 cm³/mol. The predicted octanol–water partition coefficient (Wildman–Crippen LogP) is 3.66. The van der Waals surface area contributed by atoms with Gasteiger partial charge in [0.05, 0.1) is 17.8 Å². The number of amides is 1. The fraction of sp³-hybridized carbons (Fsp3) is 0.278. The first-order valence-electron chi connectivity index (χ1n) is 8.43. The number of nitrogens with zero attached hydrogens (tertiary/aromatic N) is 3. The van der Waals surface area contributed by atoms with Crippen LogP contribution in [0.5, 0.6) is 5.75 Å². The summed E-state index contributed by atoms with van der Waals surface area (Å²) in [5.41, 5.74) is -1.41. The number of carbonyl (C=O) groups excluding carboxylic acids is 1. The molecule has 0 aliphatic rings. The molecule has 2 aromatic heterocycles. The van der Waals surface area contributed by atoms with Gasteiger partial charge in [-0.3, -0.25) is 4.79 Å². The second-order valence-corrected chi connectivity index (χ2v) is 7.26. The summed E-state index contributed by atoms with van der Waals surface area (Å²) in [6, 6.07) is 2.90. The maximum absolute atomic E-state index is 14.1. The van der Waals surface area contributed by atoms with Crippen molar-refractivity contribution in [3.05, 3.63) is 58.8 Å². The number of carbonyl (C=O) groups is 1. The van der Waals surface area contributed by atoms with Gasteiger partial charge in [0.25, 0.3) is 5.91 Å². The monoisotopic (exact) mass is 446 g/mol. The Morgan fingerprint density at radius 2 is 2.00 bits per heavy atom. The van der Waals surface area contributed by atoms with Crippen LogP contribution in [0.1, 0.15) is 35.8 Å². The number of fused-ring (bicyclic) bond motifs is 1. The number of rotatable bonds is 5. The smallest absolute Gasteiger partial charge is 0.403 e. The summed E-state index contributed by atoms with van der Waals surface area (Å²) in [6.07, 6.45) is -2.34. The average molecular weight is 447 g/mol. The lowest BCUT2D eigenvalue weighted by Crippen LogP contribution is -2.42. The van der Waals surface area contributed by atoms with Gasteiger partial charge < -0.3 is 15.2 Å². The van der Waals surface area contributed by atoms with Crippen molar-refractivity contribution in [3.8, 4) is 5.75 Å². The first-order chi connectivity index (χ1) is 13.8. The Hall–Kier alpha value is -2.92. The Labute approximate surface area is 172 Å². The second-order valence-electron chi connectivity index (χ2n) is 6.87. The molecule has 0 bridgehead atoms. The Bertz CT molecular complexity index is 1100. The molecule has 0 spiro atoms. The molecule has 0 saturated heterocycles. The van der Waals surface area contributed by atoms with E-state index in [-0.39, 0.29) is 21.9 Å². The van der Waals surface area contributed by atoms with Crippen LogP contribution in [0, 0.1) is 5.82 Å². The molecule has 12 heteroatoms. The highest BCUT2D eigenvalue weighted by atomic mass is 35.5. The van der Waals surface area contributed by atoms with Gasteiger partial charge in [0.15, 0.2) is 17.2 Å². The van der Waals surface area contributed by atoms with Crippen LogP contribution >= 0.6 is 11.6 Å². The number of halogens is 5. The number of aromatic nitrogens is 3. The number of hydrogen-bond donors (Lipinski definition) is 2. The van der Waals surface area contributed by atoms with Gasteiger partial charge >= 0.3 is 6.36 Å². The molecular formula is C18H15ClF4N4O3. The molecule has 2 N–H and O–H groups in total. The Morgan fingerprint density at radius 1 is 1.30 bits per heavy atom. The molecule has 0 aliphatic carbocycles. The average Bonchev–Trinajstić information content (AvgIpc) is 3.02. The SMILES string of the molecule is CC(C)(O)C(NC(=O)c1cnn2ccc(Cl)nc12)c1ccc(OC(F)(F)F)c(F)c1. The zero-order valence-electron chi connectivity index (χ0n) is 15.5. The van der Waals surface area contributed by atoms with Crippen molar-refractivity contribution >= 4 is 23.2 Å². The first-order valence-corrected chi connectivity index (χ1v) is 8.81. The van der Waals surface area contributed by atoms with Gasteiger partial charge in [-0.05, 0) is 37.6 Å². The van der Waals surface area contributed by atoms with Gasteiger partial charge in [0, 0.05) is 6.20 Å². The number of benzene rings is 1. The number of ether oxygens (including phenoxy) is 1. The van der Waals surface area contributed by atoms with Gasteiger partial charge in [-0.2, -0.15) is 5.10 Å². The van der Waals surface area contributed by atoms with Crippen LogP contribution in [0.3, 0.4) is 0 Å². The molecule has 1 aromatic carbocycles. The van der Waals surface area contributed by atoms with Gasteiger partial charge in [-0.15, -0.1) is 13.2 Å². The van der Waals surface area contributed by atoms with E-state index in [2.05, 4.69) is 20.1 Å². The van der Waals surface area contributed by atoms with E-state index in [1.165, 1.54) is 36.8 Å². The number of aliphatic hydroxyl groups is 1. The maximum atomic E-state index is 14.1. The van der Waals surface area contributed by atoms with Crippen LogP contribution in [0.2, 0.25) is 5.15 Å². The summed E-state index contributed by atoms with van der Waals surface area (Å²) in [5.74, 6) is -3.05. The highest BCUT2D eigenvalue weighted by Crippen LogP contribution is 2.31. The topological polar surface area (TPSA) is 88.8 Å². The standard InChI is InChI=1S/C18H15ClF4N4O3/c1-17(2,29)14(9-3-4-12(11(20)7-9)30-18(21,22)23)26-16(28)10-8-24-27-6-5-13(19)25-15(10)27/h3-8,14,29H,1-2H3,(H,26,28). The summed E-state index contributed by atoms with van der Waals surface area (Å²) in [5, 5.41) is 17.1. The van der Waals surface area contributed by atoms with E-state index in [9.17, 15) is 27.5 Å². The Morgan fingerprint density at radius 3 is 2.60 bits per heavy atom. The quantitative estimate of drug-likeness (QED) is 0.461. The van der Waals surface area contributed by atoms with E-state index in [1.807, 2.05) is 0 Å². The lowest BCUT2D eigenvalue weighted by molar-refractivity contribution is -0.275. The highest BCUT2D eigenvalue weighted by molar-refractivity contribution is 6.29. The third-order valence-corrected chi connectivity index (χ3v) is 4.29. The molecule has 160 valence electrons. The summed E-state index contributed by atoms with van der Waals surface area (Å²) in [7, 11) is 0. The van der Waals surface area contributed by atoms with Crippen LogP contribution in [-0.2, 0) is 0 Å². The number of alkyl halides is 3. The molecule has 1 amide bonds. The van der Waals surface area contributed by atoms with Gasteiger partial charge in [0.2, 0.25) is 0 Å². The van der Waals surface area contributed by atoms with Gasteiger partial charge in [0.1, 0.15) is 10.7 Å². The molecule has 7 nitrogen and oxygen atoms in total. The molecule has 30 heavy (non-hydrogen) atoms. The zero-order valence-corrected chi connectivity index (χ0v) is 16.3. The molecule has 3 aromatic rings. The van der Waals surface area contributed by atoms with Crippen LogP contribution in [-0.4, -0.2) is 37.6 Å². The first kappa shape index (κ1) is 21.8. The van der Waals surface area contributed by atoms with Crippen LogP contribution in [0.25, 0.3) is 5.65 Å². The molecule has 3 rings (SSSR count). The largest absolute Gasteiger partial charge is 0.573 e. The van der Waals surface area contributed by atoms with Crippen molar-refractivity contribution in [1.29, 1.82) is 0 Å². The molecule has 0 saturated carbocycles. The van der Waals surface area contributed by atoms with E-state index in [1.54, 1.807) is 0 Å². The fourth-order valence-electron chi connectivity index (χ4n) is 2.79. The number of hydrogen-bond acceptors (Lipinski definition) is 5. The van der Waals surface area contributed by atoms with Gasteiger partial charge in [-0.25, -0.2) is 13.9 Å². The van der Waals surface area contributed by atoms with Crippen molar-refractivity contribution in [3.63, 3.8) is 0 Å². The minimum atomic E-state index is -5.07. The zero-order chi connectivity index (χ0) is 22.3. The van der Waals surface area contributed by atoms with E-state index < -0.39 is 35.5 Å². The third-order valence-electron chi connectivity index (χ3n) is 4.08. The van der Waals surface area contributed by atoms with E-state index in [4.69, 9.17) is 11.6 Å². The maximum Gasteiger partial charge on any atom is 0.573 e. The molecule has 1 atom stereocenters. The second kappa shape index (κ2) is 7.73. The van der Waals surface area contributed by atoms with E-state index >= 15 is 0 Å². The minimum Gasteiger partial charge on any atom is -0.403 e. The Kier molecular flexibility index (Phi) is 5.61. The lowest BCUT2D eigenvalue weighted by Gasteiger charge is -2.30. The van der Waals surface area contributed by atoms with Gasteiger partial charge in [-0.1, -0.05) is 17.7 Å². The summed E-state index contributed by atoms with van der Waals surface area (Å²) < 4.78 is 56.1. The fourth-order valence-corrected chi connectivity index (χ4v) is 2.92. The highest BCUT2D eigenvalue weighted by Gasteiger charge is 2.34. The summed E-state index contributed by atoms with van der Waals surface area (Å²) in [6.45, 7) is 2.70. The Balaban J connectivity index is 1.92. The molecule has 0 radical (unpaired) electrons. The van der Waals surface area contributed by atoms with Crippen molar-refractivity contribution in [2.45, 2.75) is 31.9 Å². The molecule has 2 heterocycles. The molecule has 0 fully saturated rings. The normalized spacial score (nSPS) is 13.3. The molecule has 1 unspecified atom stereocenters. The molecule has 0 aliphatic heterocycles. The number of nitrogens with one attached hydrogen (secondary N) is 1. The van der Waals surface area contributed by atoms with Crippen molar-refractivity contribution in [1.82, 2.24) is 19.9 Å². The lowest BCUT2D eigenvalue weighted by atomic mass is 9.91. The van der Waals surface area contributed by atoms with E-state index in [0.29, 0.717) is 0 Å². The third kappa shape index (κ3) is 4.79. The van der Waals surface area contributed by atoms with Crippen LogP contribution in [0.15, 0.2) is 36.7 Å².